The van der Waals surface area contributed by atoms with Crippen molar-refractivity contribution in [1.29, 1.82) is 0 Å². The Morgan fingerprint density at radius 2 is 1.80 bits per heavy atom. The molecule has 1 aromatic carbocycles. The highest BCUT2D eigenvalue weighted by molar-refractivity contribution is 14.1. The van der Waals surface area contributed by atoms with Crippen LogP contribution in [0.4, 0.5) is 5.69 Å². The smallest absolute Gasteiger partial charge is 0.0985 e. The van der Waals surface area contributed by atoms with Gasteiger partial charge in [-0.2, -0.15) is 0 Å². The molecule has 0 bridgehead atoms. The molecule has 0 amide bonds. The zero-order valence-corrected chi connectivity index (χ0v) is 15.6. The van der Waals surface area contributed by atoms with E-state index < -0.39 is 0 Å². The standard InChI is InChI=1S/C16H21IN2S/c1-10(18-13-8-6-12(17)7-9-13)14-11(2)19-15(20-14)16(3,4)5/h6-10,18H,1-5H3. The molecule has 108 valence electrons. The first-order chi connectivity index (χ1) is 9.27. The number of anilines is 1. The van der Waals surface area contributed by atoms with Crippen molar-refractivity contribution in [2.75, 3.05) is 5.32 Å². The average Bonchev–Trinajstić information content (AvgIpc) is 2.74. The topological polar surface area (TPSA) is 24.9 Å². The third kappa shape index (κ3) is 3.73. The molecule has 0 radical (unpaired) electrons. The van der Waals surface area contributed by atoms with E-state index in [9.17, 15) is 0 Å². The zero-order valence-electron chi connectivity index (χ0n) is 12.6. The predicted octanol–water partition coefficient (Wildman–Crippen LogP) is 5.53. The molecule has 1 unspecified atom stereocenters. The molecule has 2 rings (SSSR count). The maximum absolute atomic E-state index is 4.74. The second-order valence-electron chi connectivity index (χ2n) is 6.09. The first-order valence-electron chi connectivity index (χ1n) is 6.77. The summed E-state index contributed by atoms with van der Waals surface area (Å²) in [5, 5.41) is 4.77. The van der Waals surface area contributed by atoms with Crippen LogP contribution >= 0.6 is 33.9 Å². The fourth-order valence-electron chi connectivity index (χ4n) is 1.99. The van der Waals surface area contributed by atoms with Crippen LogP contribution in [0.5, 0.6) is 0 Å². The number of aryl methyl sites for hydroxylation is 1. The number of benzene rings is 1. The molecular formula is C16H21IN2S. The summed E-state index contributed by atoms with van der Waals surface area (Å²) in [6.45, 7) is 10.9. The summed E-state index contributed by atoms with van der Waals surface area (Å²) >= 11 is 4.15. The van der Waals surface area contributed by atoms with Crippen molar-refractivity contribution >= 4 is 39.6 Å². The average molecular weight is 400 g/mol. The van der Waals surface area contributed by atoms with E-state index in [4.69, 9.17) is 4.98 Å². The number of aromatic nitrogens is 1. The quantitative estimate of drug-likeness (QED) is 0.686. The number of thiazole rings is 1. The van der Waals surface area contributed by atoms with E-state index in [1.165, 1.54) is 13.5 Å². The van der Waals surface area contributed by atoms with Gasteiger partial charge in [0.2, 0.25) is 0 Å². The van der Waals surface area contributed by atoms with Crippen LogP contribution in [0, 0.1) is 10.5 Å². The van der Waals surface area contributed by atoms with Crippen molar-refractivity contribution in [1.82, 2.24) is 4.98 Å². The predicted molar refractivity (Wildman–Crippen MR) is 96.7 cm³/mol. The van der Waals surface area contributed by atoms with Crippen molar-refractivity contribution in [3.63, 3.8) is 0 Å². The number of hydrogen-bond acceptors (Lipinski definition) is 3. The molecule has 0 spiro atoms. The van der Waals surface area contributed by atoms with E-state index in [1.807, 2.05) is 11.3 Å². The molecule has 2 nitrogen and oxygen atoms in total. The fourth-order valence-corrected chi connectivity index (χ4v) is 3.48. The lowest BCUT2D eigenvalue weighted by molar-refractivity contribution is 0.584. The molecule has 0 aliphatic rings. The van der Waals surface area contributed by atoms with Gasteiger partial charge in [-0.15, -0.1) is 11.3 Å². The van der Waals surface area contributed by atoms with Crippen LogP contribution in [0.3, 0.4) is 0 Å². The lowest BCUT2D eigenvalue weighted by Gasteiger charge is -2.15. The van der Waals surface area contributed by atoms with E-state index in [0.717, 1.165) is 11.4 Å². The Labute approximate surface area is 139 Å². The molecule has 0 fully saturated rings. The van der Waals surface area contributed by atoms with Gasteiger partial charge in [-0.05, 0) is 60.7 Å². The van der Waals surface area contributed by atoms with Gasteiger partial charge in [-0.25, -0.2) is 4.98 Å². The molecule has 1 atom stereocenters. The molecule has 1 N–H and O–H groups in total. The highest BCUT2D eigenvalue weighted by Gasteiger charge is 2.22. The zero-order chi connectivity index (χ0) is 14.9. The van der Waals surface area contributed by atoms with Crippen LogP contribution in [-0.4, -0.2) is 4.98 Å². The highest BCUT2D eigenvalue weighted by Crippen LogP contribution is 2.33. The molecule has 2 aromatic rings. The molecular weight excluding hydrogens is 379 g/mol. The summed E-state index contributed by atoms with van der Waals surface area (Å²) in [7, 11) is 0. The van der Waals surface area contributed by atoms with Gasteiger partial charge in [0.15, 0.2) is 0 Å². The third-order valence-corrected chi connectivity index (χ3v) is 5.58. The lowest BCUT2D eigenvalue weighted by atomic mass is 9.98. The Hall–Kier alpha value is -0.620. The van der Waals surface area contributed by atoms with E-state index in [1.54, 1.807) is 0 Å². The van der Waals surface area contributed by atoms with Crippen molar-refractivity contribution in [2.24, 2.45) is 0 Å². The molecule has 1 heterocycles. The highest BCUT2D eigenvalue weighted by atomic mass is 127. The Morgan fingerprint density at radius 1 is 1.20 bits per heavy atom. The Balaban J connectivity index is 2.19. The number of nitrogens with one attached hydrogen (secondary N) is 1. The molecule has 1 aromatic heterocycles. The second kappa shape index (κ2) is 6.02. The summed E-state index contributed by atoms with van der Waals surface area (Å²) in [5.74, 6) is 0. The summed E-state index contributed by atoms with van der Waals surface area (Å²) in [6.07, 6.45) is 0. The summed E-state index contributed by atoms with van der Waals surface area (Å²) < 4.78 is 1.25. The first-order valence-corrected chi connectivity index (χ1v) is 8.67. The van der Waals surface area contributed by atoms with Crippen LogP contribution in [0.15, 0.2) is 24.3 Å². The van der Waals surface area contributed by atoms with Gasteiger partial charge in [0, 0.05) is 19.5 Å². The first kappa shape index (κ1) is 15.8. The van der Waals surface area contributed by atoms with Crippen LogP contribution < -0.4 is 5.32 Å². The van der Waals surface area contributed by atoms with E-state index in [2.05, 4.69) is 86.8 Å². The number of hydrogen-bond donors (Lipinski definition) is 1. The van der Waals surface area contributed by atoms with E-state index in [0.29, 0.717) is 0 Å². The molecule has 0 saturated heterocycles. The maximum atomic E-state index is 4.74. The number of rotatable bonds is 3. The van der Waals surface area contributed by atoms with Gasteiger partial charge in [0.25, 0.3) is 0 Å². The van der Waals surface area contributed by atoms with Crippen molar-refractivity contribution in [2.45, 2.75) is 46.1 Å². The van der Waals surface area contributed by atoms with Gasteiger partial charge in [0.05, 0.1) is 16.7 Å². The minimum Gasteiger partial charge on any atom is -0.378 e. The Bertz CT molecular complexity index is 582. The Kier molecular flexibility index (Phi) is 4.74. The van der Waals surface area contributed by atoms with Crippen LogP contribution in [-0.2, 0) is 5.41 Å². The second-order valence-corrected chi connectivity index (χ2v) is 8.37. The lowest BCUT2D eigenvalue weighted by Crippen LogP contribution is -2.10. The van der Waals surface area contributed by atoms with Crippen molar-refractivity contribution < 1.29 is 0 Å². The van der Waals surface area contributed by atoms with E-state index in [-0.39, 0.29) is 11.5 Å². The SMILES string of the molecule is Cc1nc(C(C)(C)C)sc1C(C)Nc1ccc(I)cc1. The fraction of sp³-hybridized carbons (Fsp3) is 0.438. The van der Waals surface area contributed by atoms with Gasteiger partial charge >= 0.3 is 0 Å². The minimum atomic E-state index is 0.121. The van der Waals surface area contributed by atoms with Gasteiger partial charge < -0.3 is 5.32 Å². The third-order valence-electron chi connectivity index (χ3n) is 3.09. The summed E-state index contributed by atoms with van der Waals surface area (Å²) in [5.41, 5.74) is 2.42. The normalized spacial score (nSPS) is 13.3. The maximum Gasteiger partial charge on any atom is 0.0985 e. The number of nitrogens with zero attached hydrogens (tertiary/aromatic N) is 1. The van der Waals surface area contributed by atoms with Crippen molar-refractivity contribution in [3.05, 3.63) is 43.4 Å². The molecule has 4 heteroatoms. The van der Waals surface area contributed by atoms with Crippen LogP contribution in [0.2, 0.25) is 0 Å². The van der Waals surface area contributed by atoms with Crippen LogP contribution in [0.1, 0.15) is 49.3 Å². The molecule has 20 heavy (non-hydrogen) atoms. The molecule has 0 aliphatic carbocycles. The number of halogens is 1. The van der Waals surface area contributed by atoms with Crippen LogP contribution in [0.25, 0.3) is 0 Å². The van der Waals surface area contributed by atoms with Gasteiger partial charge in [-0.3, -0.25) is 0 Å². The minimum absolute atomic E-state index is 0.121. The molecule has 0 aliphatic heterocycles. The summed E-state index contributed by atoms with van der Waals surface area (Å²) in [6, 6.07) is 8.77. The summed E-state index contributed by atoms with van der Waals surface area (Å²) in [4.78, 5) is 6.06. The monoisotopic (exact) mass is 400 g/mol. The van der Waals surface area contributed by atoms with E-state index >= 15 is 0 Å². The van der Waals surface area contributed by atoms with Crippen molar-refractivity contribution in [3.8, 4) is 0 Å². The molecule has 0 saturated carbocycles. The Morgan fingerprint density at radius 3 is 2.30 bits per heavy atom. The van der Waals surface area contributed by atoms with Gasteiger partial charge in [0.1, 0.15) is 0 Å². The van der Waals surface area contributed by atoms with Gasteiger partial charge in [-0.1, -0.05) is 20.8 Å². The largest absolute Gasteiger partial charge is 0.378 e.